The number of nitrogens with one attached hydrogen (secondary N) is 2. The van der Waals surface area contributed by atoms with Crippen LogP contribution in [-0.2, 0) is 0 Å². The third-order valence-electron chi connectivity index (χ3n) is 2.08. The molecule has 1 unspecified atom stereocenters. The Morgan fingerprint density at radius 3 is 2.69 bits per heavy atom. The Hall–Kier alpha value is -1.43. The summed E-state index contributed by atoms with van der Waals surface area (Å²) in [5, 5.41) is 2.99. The number of hydrogen-bond donors (Lipinski definition) is 3. The highest BCUT2D eigenvalue weighted by atomic mass is 19.1. The van der Waals surface area contributed by atoms with Gasteiger partial charge in [0.2, 0.25) is 5.95 Å². The zero-order chi connectivity index (χ0) is 12.1. The molecular formula is C10H18FN5. The van der Waals surface area contributed by atoms with Crippen LogP contribution in [-0.4, -0.2) is 16.0 Å². The summed E-state index contributed by atoms with van der Waals surface area (Å²) in [6.45, 7) is 6.21. The molecule has 0 aliphatic rings. The summed E-state index contributed by atoms with van der Waals surface area (Å²) in [6, 6.07) is 0.148. The number of hydrogen-bond acceptors (Lipinski definition) is 5. The lowest BCUT2D eigenvalue weighted by Crippen LogP contribution is -2.20. The van der Waals surface area contributed by atoms with Crippen LogP contribution in [0.4, 0.5) is 16.2 Å². The zero-order valence-corrected chi connectivity index (χ0v) is 9.79. The van der Waals surface area contributed by atoms with Gasteiger partial charge in [0.25, 0.3) is 0 Å². The minimum Gasteiger partial charge on any atom is -0.365 e. The van der Waals surface area contributed by atoms with Crippen molar-refractivity contribution < 1.29 is 4.39 Å². The van der Waals surface area contributed by atoms with Gasteiger partial charge in [-0.05, 0) is 19.3 Å². The number of hydrazine groups is 1. The predicted molar refractivity (Wildman–Crippen MR) is 62.3 cm³/mol. The van der Waals surface area contributed by atoms with Crippen LogP contribution in [0.2, 0.25) is 0 Å². The van der Waals surface area contributed by atoms with Gasteiger partial charge >= 0.3 is 0 Å². The van der Waals surface area contributed by atoms with E-state index in [1.807, 2.05) is 6.92 Å². The van der Waals surface area contributed by atoms with Crippen LogP contribution in [0.15, 0.2) is 6.20 Å². The Labute approximate surface area is 94.6 Å². The van der Waals surface area contributed by atoms with E-state index in [0.717, 1.165) is 12.6 Å². The van der Waals surface area contributed by atoms with E-state index in [4.69, 9.17) is 5.84 Å². The van der Waals surface area contributed by atoms with Crippen LogP contribution >= 0.6 is 0 Å². The molecule has 1 heterocycles. The van der Waals surface area contributed by atoms with Crippen LogP contribution in [0, 0.1) is 11.7 Å². The van der Waals surface area contributed by atoms with Crippen molar-refractivity contribution in [2.75, 3.05) is 10.7 Å². The molecule has 6 heteroatoms. The Bertz CT molecular complexity index is 342. The van der Waals surface area contributed by atoms with E-state index in [9.17, 15) is 4.39 Å². The fraction of sp³-hybridized carbons (Fsp3) is 0.600. The minimum absolute atomic E-state index is 0.148. The van der Waals surface area contributed by atoms with Crippen LogP contribution < -0.4 is 16.6 Å². The highest BCUT2D eigenvalue weighted by Gasteiger charge is 2.10. The van der Waals surface area contributed by atoms with Crippen molar-refractivity contribution in [3.63, 3.8) is 0 Å². The van der Waals surface area contributed by atoms with Gasteiger partial charge in [0, 0.05) is 6.04 Å². The molecule has 90 valence electrons. The number of anilines is 2. The quantitative estimate of drug-likeness (QED) is 0.527. The molecular weight excluding hydrogens is 209 g/mol. The number of halogens is 1. The number of aromatic nitrogens is 2. The summed E-state index contributed by atoms with van der Waals surface area (Å²) < 4.78 is 13.3. The Kier molecular flexibility index (Phi) is 4.42. The molecule has 0 spiro atoms. The maximum Gasteiger partial charge on any atom is 0.239 e. The fourth-order valence-electron chi connectivity index (χ4n) is 1.54. The molecule has 1 aromatic heterocycles. The lowest BCUT2D eigenvalue weighted by molar-refractivity contribution is 0.533. The largest absolute Gasteiger partial charge is 0.365 e. The van der Waals surface area contributed by atoms with Gasteiger partial charge in [-0.2, -0.15) is 4.98 Å². The minimum atomic E-state index is -0.477. The van der Waals surface area contributed by atoms with E-state index in [2.05, 4.69) is 34.6 Å². The van der Waals surface area contributed by atoms with Gasteiger partial charge in [0.15, 0.2) is 11.6 Å². The molecule has 0 aliphatic heterocycles. The van der Waals surface area contributed by atoms with Crippen molar-refractivity contribution in [3.8, 4) is 0 Å². The maximum absolute atomic E-state index is 13.3. The molecule has 0 bridgehead atoms. The number of nitrogen functional groups attached to an aromatic ring is 1. The predicted octanol–water partition coefficient (Wildman–Crippen LogP) is 1.75. The van der Waals surface area contributed by atoms with E-state index in [1.165, 1.54) is 0 Å². The van der Waals surface area contributed by atoms with Gasteiger partial charge in [0.05, 0.1) is 6.20 Å². The molecule has 0 aromatic carbocycles. The second kappa shape index (κ2) is 5.60. The van der Waals surface area contributed by atoms with Crippen LogP contribution in [0.5, 0.6) is 0 Å². The standard InChI is InChI=1S/C10H18FN5/c1-6(2)4-7(3)14-9-8(11)5-13-10(15-9)16-12/h5-7H,4,12H2,1-3H3,(H2,13,14,15,16). The second-order valence-electron chi connectivity index (χ2n) is 4.21. The van der Waals surface area contributed by atoms with E-state index in [0.29, 0.717) is 5.92 Å². The first-order valence-electron chi connectivity index (χ1n) is 5.28. The lowest BCUT2D eigenvalue weighted by Gasteiger charge is -2.17. The molecule has 0 amide bonds. The van der Waals surface area contributed by atoms with Gasteiger partial charge in [-0.25, -0.2) is 15.2 Å². The van der Waals surface area contributed by atoms with Crippen LogP contribution in [0.3, 0.4) is 0 Å². The summed E-state index contributed by atoms with van der Waals surface area (Å²) in [5.41, 5.74) is 2.28. The van der Waals surface area contributed by atoms with Gasteiger partial charge in [0.1, 0.15) is 0 Å². The molecule has 0 aliphatic carbocycles. The highest BCUT2D eigenvalue weighted by molar-refractivity contribution is 5.41. The molecule has 0 radical (unpaired) electrons. The van der Waals surface area contributed by atoms with Crippen molar-refractivity contribution in [1.29, 1.82) is 0 Å². The monoisotopic (exact) mass is 227 g/mol. The highest BCUT2D eigenvalue weighted by Crippen LogP contribution is 2.15. The second-order valence-corrected chi connectivity index (χ2v) is 4.21. The lowest BCUT2D eigenvalue weighted by atomic mass is 10.1. The molecule has 1 aromatic rings. The third kappa shape index (κ3) is 3.62. The van der Waals surface area contributed by atoms with Crippen molar-refractivity contribution in [1.82, 2.24) is 9.97 Å². The van der Waals surface area contributed by atoms with Crippen molar-refractivity contribution in [2.45, 2.75) is 33.2 Å². The zero-order valence-electron chi connectivity index (χ0n) is 9.79. The van der Waals surface area contributed by atoms with E-state index >= 15 is 0 Å². The number of nitrogens with two attached hydrogens (primary N) is 1. The Balaban J connectivity index is 2.71. The fourth-order valence-corrected chi connectivity index (χ4v) is 1.54. The first-order valence-corrected chi connectivity index (χ1v) is 5.28. The molecule has 4 N–H and O–H groups in total. The first kappa shape index (κ1) is 12.6. The molecule has 0 fully saturated rings. The van der Waals surface area contributed by atoms with Crippen molar-refractivity contribution in [3.05, 3.63) is 12.0 Å². The maximum atomic E-state index is 13.3. The van der Waals surface area contributed by atoms with Gasteiger partial charge in [-0.3, -0.25) is 5.43 Å². The third-order valence-corrected chi connectivity index (χ3v) is 2.08. The normalized spacial score (nSPS) is 12.6. The topological polar surface area (TPSA) is 75.9 Å². The van der Waals surface area contributed by atoms with E-state index in [1.54, 1.807) is 0 Å². The summed E-state index contributed by atoms with van der Waals surface area (Å²) >= 11 is 0. The van der Waals surface area contributed by atoms with Crippen LogP contribution in [0.25, 0.3) is 0 Å². The van der Waals surface area contributed by atoms with Gasteiger partial charge in [-0.1, -0.05) is 13.8 Å². The number of rotatable bonds is 5. The SMILES string of the molecule is CC(C)CC(C)Nc1nc(NN)ncc1F. The molecule has 0 saturated heterocycles. The van der Waals surface area contributed by atoms with E-state index < -0.39 is 5.82 Å². The molecule has 0 saturated carbocycles. The summed E-state index contributed by atoms with van der Waals surface area (Å²) in [7, 11) is 0. The average Bonchev–Trinajstić information content (AvgIpc) is 2.20. The van der Waals surface area contributed by atoms with Gasteiger partial charge < -0.3 is 5.32 Å². The van der Waals surface area contributed by atoms with E-state index in [-0.39, 0.29) is 17.8 Å². The van der Waals surface area contributed by atoms with Gasteiger partial charge in [-0.15, -0.1) is 0 Å². The average molecular weight is 227 g/mol. The number of nitrogens with zero attached hydrogens (tertiary/aromatic N) is 2. The summed E-state index contributed by atoms with van der Waals surface area (Å²) in [5.74, 6) is 5.59. The smallest absolute Gasteiger partial charge is 0.239 e. The van der Waals surface area contributed by atoms with Crippen LogP contribution in [0.1, 0.15) is 27.2 Å². The molecule has 5 nitrogen and oxygen atoms in total. The first-order chi connectivity index (χ1) is 7.52. The summed E-state index contributed by atoms with van der Waals surface area (Å²) in [4.78, 5) is 7.57. The Morgan fingerprint density at radius 1 is 1.44 bits per heavy atom. The molecule has 1 rings (SSSR count). The van der Waals surface area contributed by atoms with Crippen molar-refractivity contribution >= 4 is 11.8 Å². The molecule has 1 atom stereocenters. The van der Waals surface area contributed by atoms with Crippen molar-refractivity contribution in [2.24, 2.45) is 11.8 Å². The summed E-state index contributed by atoms with van der Waals surface area (Å²) in [6.07, 6.45) is 2.03. The molecule has 16 heavy (non-hydrogen) atoms. The Morgan fingerprint density at radius 2 is 2.12 bits per heavy atom.